The predicted octanol–water partition coefficient (Wildman–Crippen LogP) is 4.31. The Kier molecular flexibility index (Phi) is 4.30. The average Bonchev–Trinajstić information content (AvgIpc) is 2.40. The summed E-state index contributed by atoms with van der Waals surface area (Å²) >= 11 is 6.89. The number of hydrogen-bond acceptors (Lipinski definition) is 2. The molecule has 4 N–H and O–H groups in total. The lowest BCUT2D eigenvalue weighted by Crippen LogP contribution is -1.94. The van der Waals surface area contributed by atoms with Crippen LogP contribution < -0.4 is 11.5 Å². The largest absolute Gasteiger partial charge is 0.398 e. The molecule has 0 aliphatic rings. The highest BCUT2D eigenvalue weighted by molar-refractivity contribution is 9.08. The summed E-state index contributed by atoms with van der Waals surface area (Å²) in [5.41, 5.74) is 17.9. The molecular weight excluding hydrogens is 356 g/mol. The Morgan fingerprint density at radius 2 is 1.11 bits per heavy atom. The van der Waals surface area contributed by atoms with Gasteiger partial charge in [-0.25, -0.2) is 0 Å². The zero-order valence-corrected chi connectivity index (χ0v) is 13.0. The van der Waals surface area contributed by atoms with Crippen LogP contribution in [-0.2, 0) is 10.7 Å². The number of nitrogens with two attached hydrogens (primary N) is 2. The van der Waals surface area contributed by atoms with Crippen molar-refractivity contribution in [2.45, 2.75) is 10.7 Å². The molecule has 94 valence electrons. The zero-order chi connectivity index (χ0) is 13.1. The fraction of sp³-hybridized carbons (Fsp3) is 0.143. The van der Waals surface area contributed by atoms with Gasteiger partial charge in [0.1, 0.15) is 0 Å². The Hall–Kier alpha value is -1.00. The zero-order valence-electron chi connectivity index (χ0n) is 9.79. The number of benzene rings is 2. The van der Waals surface area contributed by atoms with E-state index >= 15 is 0 Å². The molecule has 4 heteroatoms. The van der Waals surface area contributed by atoms with Gasteiger partial charge in [0, 0.05) is 22.0 Å². The first kappa shape index (κ1) is 13.4. The summed E-state index contributed by atoms with van der Waals surface area (Å²) in [6, 6.07) is 12.2. The third-order valence-corrected chi connectivity index (χ3v) is 4.12. The van der Waals surface area contributed by atoms with Gasteiger partial charge < -0.3 is 11.5 Å². The van der Waals surface area contributed by atoms with Crippen LogP contribution in [0.3, 0.4) is 0 Å². The van der Waals surface area contributed by atoms with E-state index in [1.54, 1.807) is 0 Å². The molecular formula is C14H14Br2N2. The van der Waals surface area contributed by atoms with Crippen molar-refractivity contribution < 1.29 is 0 Å². The minimum Gasteiger partial charge on any atom is -0.398 e. The van der Waals surface area contributed by atoms with Gasteiger partial charge >= 0.3 is 0 Å². The standard InChI is InChI=1S/C14H14Br2N2/c15-7-11-5-9(1-3-13(11)17)10-2-4-14(18)12(6-10)8-16/h1-6H,7-8,17-18H2. The fourth-order valence-electron chi connectivity index (χ4n) is 1.80. The Balaban J connectivity index is 2.48. The van der Waals surface area contributed by atoms with Crippen LogP contribution in [0.15, 0.2) is 36.4 Å². The van der Waals surface area contributed by atoms with E-state index in [2.05, 4.69) is 44.0 Å². The third kappa shape index (κ3) is 2.70. The van der Waals surface area contributed by atoms with Crippen molar-refractivity contribution >= 4 is 43.2 Å². The molecule has 0 bridgehead atoms. The summed E-state index contributed by atoms with van der Waals surface area (Å²) in [5.74, 6) is 0. The van der Waals surface area contributed by atoms with Gasteiger partial charge in [-0.05, 0) is 46.5 Å². The maximum atomic E-state index is 5.90. The Morgan fingerprint density at radius 3 is 1.44 bits per heavy atom. The number of nitrogen functional groups attached to an aromatic ring is 2. The summed E-state index contributed by atoms with van der Waals surface area (Å²) in [4.78, 5) is 0. The van der Waals surface area contributed by atoms with E-state index in [-0.39, 0.29) is 0 Å². The van der Waals surface area contributed by atoms with Crippen LogP contribution in [0.25, 0.3) is 11.1 Å². The Morgan fingerprint density at radius 1 is 0.722 bits per heavy atom. The second-order valence-corrected chi connectivity index (χ2v) is 5.22. The molecule has 0 aliphatic carbocycles. The second-order valence-electron chi connectivity index (χ2n) is 4.09. The molecule has 0 saturated carbocycles. The van der Waals surface area contributed by atoms with Crippen LogP contribution in [0.4, 0.5) is 11.4 Å². The second kappa shape index (κ2) is 5.76. The molecule has 2 aromatic carbocycles. The highest BCUT2D eigenvalue weighted by Crippen LogP contribution is 2.28. The van der Waals surface area contributed by atoms with Crippen LogP contribution in [-0.4, -0.2) is 0 Å². The van der Waals surface area contributed by atoms with E-state index in [1.165, 1.54) is 0 Å². The van der Waals surface area contributed by atoms with E-state index in [1.807, 2.05) is 24.3 Å². The van der Waals surface area contributed by atoms with Gasteiger partial charge in [-0.15, -0.1) is 0 Å². The monoisotopic (exact) mass is 368 g/mol. The maximum absolute atomic E-state index is 5.90. The lowest BCUT2D eigenvalue weighted by atomic mass is 10.0. The molecule has 0 radical (unpaired) electrons. The van der Waals surface area contributed by atoms with Crippen LogP contribution in [0.2, 0.25) is 0 Å². The summed E-state index contributed by atoms with van der Waals surface area (Å²) in [7, 11) is 0. The smallest absolute Gasteiger partial charge is 0.0355 e. The molecule has 0 aromatic heterocycles. The van der Waals surface area contributed by atoms with Crippen molar-refractivity contribution in [3.8, 4) is 11.1 Å². The van der Waals surface area contributed by atoms with E-state index < -0.39 is 0 Å². The molecule has 2 nitrogen and oxygen atoms in total. The van der Waals surface area contributed by atoms with Crippen LogP contribution >= 0.6 is 31.9 Å². The molecule has 0 spiro atoms. The summed E-state index contributed by atoms with van der Waals surface area (Å²) < 4.78 is 0. The van der Waals surface area contributed by atoms with E-state index in [0.717, 1.165) is 44.3 Å². The molecule has 0 heterocycles. The molecule has 0 atom stereocenters. The number of anilines is 2. The van der Waals surface area contributed by atoms with Gasteiger partial charge in [0.25, 0.3) is 0 Å². The van der Waals surface area contributed by atoms with Crippen molar-refractivity contribution in [3.05, 3.63) is 47.5 Å². The van der Waals surface area contributed by atoms with Gasteiger partial charge in [0.05, 0.1) is 0 Å². The van der Waals surface area contributed by atoms with Gasteiger partial charge in [0.15, 0.2) is 0 Å². The quantitative estimate of drug-likeness (QED) is 0.625. The minimum absolute atomic E-state index is 0.757. The third-order valence-electron chi connectivity index (χ3n) is 2.91. The Bertz CT molecular complexity index is 516. The van der Waals surface area contributed by atoms with Gasteiger partial charge in [-0.2, -0.15) is 0 Å². The van der Waals surface area contributed by atoms with Crippen LogP contribution in [0.5, 0.6) is 0 Å². The number of hydrogen-bond donors (Lipinski definition) is 2. The molecule has 2 rings (SSSR count). The van der Waals surface area contributed by atoms with Crippen molar-refractivity contribution in [2.24, 2.45) is 0 Å². The van der Waals surface area contributed by atoms with Crippen LogP contribution in [0.1, 0.15) is 11.1 Å². The van der Waals surface area contributed by atoms with Gasteiger partial charge in [-0.1, -0.05) is 44.0 Å². The van der Waals surface area contributed by atoms with E-state index in [0.29, 0.717) is 0 Å². The van der Waals surface area contributed by atoms with Crippen molar-refractivity contribution in [1.29, 1.82) is 0 Å². The molecule has 0 fully saturated rings. The first-order valence-electron chi connectivity index (χ1n) is 5.55. The molecule has 18 heavy (non-hydrogen) atoms. The van der Waals surface area contributed by atoms with Crippen molar-refractivity contribution in [3.63, 3.8) is 0 Å². The van der Waals surface area contributed by atoms with Gasteiger partial charge in [-0.3, -0.25) is 0 Å². The molecule has 2 aromatic rings. The van der Waals surface area contributed by atoms with E-state index in [9.17, 15) is 0 Å². The summed E-state index contributed by atoms with van der Waals surface area (Å²) in [6.45, 7) is 0. The highest BCUT2D eigenvalue weighted by Gasteiger charge is 2.05. The predicted molar refractivity (Wildman–Crippen MR) is 86.0 cm³/mol. The maximum Gasteiger partial charge on any atom is 0.0355 e. The molecule has 0 unspecified atom stereocenters. The fourth-order valence-corrected chi connectivity index (χ4v) is 2.77. The Labute approximate surface area is 124 Å². The first-order chi connectivity index (χ1) is 8.65. The number of rotatable bonds is 3. The molecule has 0 aliphatic heterocycles. The normalized spacial score (nSPS) is 10.6. The van der Waals surface area contributed by atoms with Crippen LogP contribution in [0, 0.1) is 0 Å². The minimum atomic E-state index is 0.757. The summed E-state index contributed by atoms with van der Waals surface area (Å²) in [5, 5.41) is 1.51. The lowest BCUT2D eigenvalue weighted by molar-refractivity contribution is 1.41. The number of halogens is 2. The highest BCUT2D eigenvalue weighted by atomic mass is 79.9. The van der Waals surface area contributed by atoms with Crippen molar-refractivity contribution in [2.75, 3.05) is 11.5 Å². The van der Waals surface area contributed by atoms with E-state index in [4.69, 9.17) is 11.5 Å². The lowest BCUT2D eigenvalue weighted by Gasteiger charge is -2.09. The number of alkyl halides is 2. The first-order valence-corrected chi connectivity index (χ1v) is 7.79. The topological polar surface area (TPSA) is 52.0 Å². The SMILES string of the molecule is Nc1ccc(-c2ccc(N)c(CBr)c2)cc1CBr. The average molecular weight is 370 g/mol. The molecule has 0 saturated heterocycles. The van der Waals surface area contributed by atoms with Crippen molar-refractivity contribution in [1.82, 2.24) is 0 Å². The molecule has 0 amide bonds. The summed E-state index contributed by atoms with van der Waals surface area (Å²) in [6.07, 6.45) is 0. The van der Waals surface area contributed by atoms with Gasteiger partial charge in [0.2, 0.25) is 0 Å².